The molecule has 3 aromatic carbocycles. The molecule has 5 aromatic rings. The van der Waals surface area contributed by atoms with Gasteiger partial charge in [0, 0.05) is 43.0 Å². The number of benzene rings is 3. The minimum Gasteiger partial charge on any atom is -0.304 e. The van der Waals surface area contributed by atoms with Crippen LogP contribution < -0.4 is 0 Å². The van der Waals surface area contributed by atoms with E-state index >= 15 is 0 Å². The van der Waals surface area contributed by atoms with Crippen LogP contribution in [0.25, 0.3) is 34.0 Å². The molecule has 0 fully saturated rings. The monoisotopic (exact) mass is 730 g/mol. The molecule has 6 heteroatoms. The molecule has 0 atom stereocenters. The molecule has 1 aliphatic carbocycles. The van der Waals surface area contributed by atoms with Crippen molar-refractivity contribution in [3.63, 3.8) is 0 Å². The van der Waals surface area contributed by atoms with Crippen LogP contribution >= 0.6 is 0 Å². The van der Waals surface area contributed by atoms with Crippen LogP contribution in [0.1, 0.15) is 68.9 Å². The quantitative estimate of drug-likeness (QED) is 0.136. The van der Waals surface area contributed by atoms with Crippen molar-refractivity contribution in [2.45, 2.75) is 52.4 Å². The van der Waals surface area contributed by atoms with Gasteiger partial charge in [0.25, 0.3) is 0 Å². The number of hydrogen-bond donors (Lipinski definition) is 0. The zero-order chi connectivity index (χ0) is 29.0. The van der Waals surface area contributed by atoms with Crippen LogP contribution in [0.3, 0.4) is 0 Å². The summed E-state index contributed by atoms with van der Waals surface area (Å²) in [5.41, 5.74) is 6.63. The first-order valence-electron chi connectivity index (χ1n) is 14.0. The third-order valence-electron chi connectivity index (χ3n) is 9.63. The molecule has 0 bridgehead atoms. The van der Waals surface area contributed by atoms with E-state index in [4.69, 9.17) is 9.97 Å². The molecule has 0 saturated carbocycles. The number of pyridine rings is 1. The Kier molecular flexibility index (Phi) is 7.59. The van der Waals surface area contributed by atoms with Gasteiger partial charge in [0.05, 0.1) is 0 Å². The maximum absolute atomic E-state index is 13.3. The van der Waals surface area contributed by atoms with Gasteiger partial charge in [-0.1, -0.05) is 114 Å². The van der Waals surface area contributed by atoms with E-state index in [2.05, 4.69) is 69.7 Å². The van der Waals surface area contributed by atoms with Crippen molar-refractivity contribution >= 4 is 5.78 Å². The summed E-state index contributed by atoms with van der Waals surface area (Å²) in [5.74, 6) is 0.693. The minimum atomic E-state index is -0.253. The van der Waals surface area contributed by atoms with Gasteiger partial charge in [0.2, 0.25) is 11.6 Å². The molecule has 0 aliphatic heterocycles. The van der Waals surface area contributed by atoms with Crippen molar-refractivity contribution in [3.8, 4) is 34.0 Å². The van der Waals surface area contributed by atoms with Crippen LogP contribution in [-0.2, 0) is 30.9 Å². The van der Waals surface area contributed by atoms with Gasteiger partial charge in [-0.3, -0.25) is 4.79 Å². The Hall–Kier alpha value is -3.86. The summed E-state index contributed by atoms with van der Waals surface area (Å²) in [6, 6.07) is 30.5. The van der Waals surface area contributed by atoms with Crippen molar-refractivity contribution < 1.29 is 24.9 Å². The second kappa shape index (κ2) is 10.8. The molecule has 0 spiro atoms. The third kappa shape index (κ3) is 4.73. The molecule has 42 heavy (non-hydrogen) atoms. The van der Waals surface area contributed by atoms with Crippen molar-refractivity contribution in [1.29, 1.82) is 0 Å². The summed E-state index contributed by atoms with van der Waals surface area (Å²) in [7, 11) is 0. The van der Waals surface area contributed by atoms with E-state index in [-0.39, 0.29) is 48.0 Å². The van der Waals surface area contributed by atoms with Gasteiger partial charge >= 0.3 is 0 Å². The van der Waals surface area contributed by atoms with E-state index in [1.54, 1.807) is 18.3 Å². The summed E-state index contributed by atoms with van der Waals surface area (Å²) >= 11 is 0. The predicted molar refractivity (Wildman–Crippen MR) is 162 cm³/mol. The second-order valence-electron chi connectivity index (χ2n) is 12.3. The summed E-state index contributed by atoms with van der Waals surface area (Å²) in [6.45, 7) is 14.0. The number of ketones is 1. The molecule has 5 nitrogen and oxygen atoms in total. The maximum atomic E-state index is 13.3. The van der Waals surface area contributed by atoms with Gasteiger partial charge < -0.3 is 4.98 Å². The van der Waals surface area contributed by atoms with Gasteiger partial charge in [-0.2, -0.15) is 0 Å². The fourth-order valence-electron chi connectivity index (χ4n) is 5.86. The standard InChI is InChI=1S/C36H33N4O.Ir/c1-34(2)27-19-17-25(21-28(27)35(3,4)36(34,5)6)29-20-18-26(22-37-29)32-38-31(24-15-11-8-12-16-24)39-33(40-32)30(41)23-13-9-7-10-14-23;/h7-16,18-22H,1-6H3;/q-1;. The fraction of sp³-hybridized carbons (Fsp3) is 0.250. The SMILES string of the molecule is CC1(C)c2c[c-]c(-c3ccc(-c4nc(C(=O)c5ccccc5)nc(-c5ccccc5)n4)cn3)cc2C(C)(C)C1(C)C.[Ir]. The Morgan fingerprint density at radius 3 is 1.90 bits per heavy atom. The van der Waals surface area contributed by atoms with Crippen molar-refractivity contribution in [2.24, 2.45) is 5.41 Å². The summed E-state index contributed by atoms with van der Waals surface area (Å²) in [4.78, 5) is 32.0. The summed E-state index contributed by atoms with van der Waals surface area (Å²) < 4.78 is 0. The van der Waals surface area contributed by atoms with E-state index in [0.717, 1.165) is 16.8 Å². The third-order valence-corrected chi connectivity index (χ3v) is 9.63. The van der Waals surface area contributed by atoms with Crippen molar-refractivity contribution in [1.82, 2.24) is 19.9 Å². The Bertz CT molecular complexity index is 1760. The minimum absolute atomic E-state index is 0. The maximum Gasteiger partial charge on any atom is 0.230 e. The van der Waals surface area contributed by atoms with E-state index < -0.39 is 0 Å². The Morgan fingerprint density at radius 1 is 0.690 bits per heavy atom. The number of aromatic nitrogens is 4. The van der Waals surface area contributed by atoms with Crippen molar-refractivity contribution in [2.75, 3.05) is 0 Å². The Balaban J connectivity index is 0.00000353. The first kappa shape index (κ1) is 29.6. The number of fused-ring (bicyclic) bond motifs is 1. The van der Waals surface area contributed by atoms with Gasteiger partial charge in [-0.05, 0) is 21.9 Å². The molecule has 1 aliphatic rings. The molecule has 2 aromatic heterocycles. The zero-order valence-electron chi connectivity index (χ0n) is 24.7. The van der Waals surface area contributed by atoms with E-state index in [1.165, 1.54) is 11.1 Å². The topological polar surface area (TPSA) is 68.6 Å². The number of carbonyl (C=O) groups excluding carboxylic acids is 1. The first-order chi connectivity index (χ1) is 19.5. The Labute approximate surface area is 261 Å². The van der Waals surface area contributed by atoms with Crippen LogP contribution in [-0.4, -0.2) is 25.7 Å². The van der Waals surface area contributed by atoms with Crippen molar-refractivity contribution in [3.05, 3.63) is 120 Å². The normalized spacial score (nSPS) is 15.9. The number of hydrogen-bond acceptors (Lipinski definition) is 5. The number of rotatable bonds is 5. The Morgan fingerprint density at radius 2 is 1.29 bits per heavy atom. The van der Waals surface area contributed by atoms with Gasteiger partial charge in [-0.25, -0.2) is 15.0 Å². The average molecular weight is 730 g/mol. The van der Waals surface area contributed by atoms with Gasteiger partial charge in [0.15, 0.2) is 11.6 Å². The van der Waals surface area contributed by atoms with E-state index in [1.807, 2.05) is 60.7 Å². The molecule has 0 saturated heterocycles. The fourth-order valence-corrected chi connectivity index (χ4v) is 5.86. The molecule has 1 radical (unpaired) electrons. The van der Waals surface area contributed by atoms with Gasteiger partial charge in [0.1, 0.15) is 0 Å². The van der Waals surface area contributed by atoms with Crippen LogP contribution in [0.2, 0.25) is 0 Å². The molecule has 0 N–H and O–H groups in total. The smallest absolute Gasteiger partial charge is 0.230 e. The van der Waals surface area contributed by atoms with Crippen LogP contribution in [0, 0.1) is 11.5 Å². The predicted octanol–water partition coefficient (Wildman–Crippen LogP) is 7.89. The van der Waals surface area contributed by atoms with Crippen LogP contribution in [0.5, 0.6) is 0 Å². The molecule has 2 heterocycles. The average Bonchev–Trinajstić information content (AvgIpc) is 3.10. The largest absolute Gasteiger partial charge is 0.304 e. The summed E-state index contributed by atoms with van der Waals surface area (Å²) in [5, 5.41) is 0. The van der Waals surface area contributed by atoms with Crippen LogP contribution in [0.4, 0.5) is 0 Å². The summed E-state index contributed by atoms with van der Waals surface area (Å²) in [6.07, 6.45) is 1.76. The number of nitrogens with zero attached hydrogens (tertiary/aromatic N) is 4. The molecular formula is C36H33IrN4O-. The zero-order valence-corrected chi connectivity index (χ0v) is 27.1. The number of carbonyl (C=O) groups is 1. The van der Waals surface area contributed by atoms with Gasteiger partial charge in [-0.15, -0.1) is 34.9 Å². The molecule has 6 rings (SSSR count). The van der Waals surface area contributed by atoms with E-state index in [0.29, 0.717) is 22.8 Å². The van der Waals surface area contributed by atoms with Crippen LogP contribution in [0.15, 0.2) is 91.1 Å². The molecule has 0 unspecified atom stereocenters. The molecular weight excluding hydrogens is 697 g/mol. The molecule has 0 amide bonds. The second-order valence-corrected chi connectivity index (χ2v) is 12.3. The first-order valence-corrected chi connectivity index (χ1v) is 14.0. The van der Waals surface area contributed by atoms with E-state index in [9.17, 15) is 4.79 Å². The molecule has 213 valence electrons.